The summed E-state index contributed by atoms with van der Waals surface area (Å²) in [5, 5.41) is 1.22. The Labute approximate surface area is 103 Å². The molecule has 17 heavy (non-hydrogen) atoms. The van der Waals surface area contributed by atoms with E-state index in [1.165, 1.54) is 10.9 Å². The molecular weight excluding hydrogens is 208 g/mol. The molecule has 0 spiro atoms. The number of nitrogens with two attached hydrogens (primary N) is 1. The Morgan fingerprint density at radius 1 is 1.24 bits per heavy atom. The van der Waals surface area contributed by atoms with E-state index in [0.29, 0.717) is 0 Å². The molecule has 0 unspecified atom stereocenters. The van der Waals surface area contributed by atoms with Gasteiger partial charge in [0.05, 0.1) is 5.52 Å². The van der Waals surface area contributed by atoms with Gasteiger partial charge in [0.1, 0.15) is 0 Å². The highest BCUT2D eigenvalue weighted by Crippen LogP contribution is 2.22. The summed E-state index contributed by atoms with van der Waals surface area (Å²) in [7, 11) is 0. The van der Waals surface area contributed by atoms with E-state index in [-0.39, 0.29) is 5.41 Å². The number of aromatic nitrogens is 1. The smallest absolute Gasteiger partial charge is 0.0702 e. The minimum absolute atomic E-state index is 0.226. The highest BCUT2D eigenvalue weighted by Gasteiger charge is 2.15. The molecule has 1 heterocycles. The van der Waals surface area contributed by atoms with Crippen LogP contribution < -0.4 is 5.73 Å². The van der Waals surface area contributed by atoms with E-state index in [9.17, 15) is 0 Å². The molecule has 0 bridgehead atoms. The average molecular weight is 228 g/mol. The van der Waals surface area contributed by atoms with Gasteiger partial charge in [-0.15, -0.1) is 0 Å². The third-order valence-electron chi connectivity index (χ3n) is 3.31. The Hall–Kier alpha value is -1.41. The molecule has 2 heteroatoms. The highest BCUT2D eigenvalue weighted by molar-refractivity contribution is 5.78. The molecule has 2 aromatic rings. The van der Waals surface area contributed by atoms with Crippen LogP contribution in [0.3, 0.4) is 0 Å². The highest BCUT2D eigenvalue weighted by atomic mass is 14.6. The molecule has 0 saturated heterocycles. The van der Waals surface area contributed by atoms with Crippen LogP contribution in [-0.2, 0) is 6.42 Å². The molecule has 0 aliphatic carbocycles. The Balaban J connectivity index is 2.14. The zero-order chi connectivity index (χ0) is 12.3. The predicted octanol–water partition coefficient (Wildman–Crippen LogP) is 3.15. The summed E-state index contributed by atoms with van der Waals surface area (Å²) in [4.78, 5) is 4.33. The maximum atomic E-state index is 5.75. The number of rotatable bonds is 4. The van der Waals surface area contributed by atoms with Crippen LogP contribution in [0.4, 0.5) is 0 Å². The molecule has 2 nitrogen and oxygen atoms in total. The van der Waals surface area contributed by atoms with Crippen molar-refractivity contribution in [3.63, 3.8) is 0 Å². The quantitative estimate of drug-likeness (QED) is 0.873. The van der Waals surface area contributed by atoms with Crippen LogP contribution in [0, 0.1) is 5.41 Å². The fraction of sp³-hybridized carbons (Fsp3) is 0.400. The summed E-state index contributed by atoms with van der Waals surface area (Å²) in [6.45, 7) is 5.17. The Morgan fingerprint density at radius 2 is 2.06 bits per heavy atom. The van der Waals surface area contributed by atoms with E-state index in [1.807, 2.05) is 12.3 Å². The average Bonchev–Trinajstić information content (AvgIpc) is 2.36. The van der Waals surface area contributed by atoms with Gasteiger partial charge in [-0.2, -0.15) is 0 Å². The van der Waals surface area contributed by atoms with E-state index in [2.05, 4.69) is 43.1 Å². The Morgan fingerprint density at radius 3 is 2.82 bits per heavy atom. The molecule has 2 N–H and O–H groups in total. The van der Waals surface area contributed by atoms with Gasteiger partial charge in [-0.25, -0.2) is 0 Å². The van der Waals surface area contributed by atoms with Crippen molar-refractivity contribution in [2.75, 3.05) is 6.54 Å². The fourth-order valence-corrected chi connectivity index (χ4v) is 1.87. The standard InChI is InChI=1S/C15H20N2/c1-15(2,11-16)8-7-12-5-6-14-13(10-12)4-3-9-17-14/h3-6,9-10H,7-8,11,16H2,1-2H3. The topological polar surface area (TPSA) is 38.9 Å². The normalized spacial score (nSPS) is 11.9. The molecule has 1 aromatic carbocycles. The van der Waals surface area contributed by atoms with Crippen molar-refractivity contribution in [1.29, 1.82) is 0 Å². The lowest BCUT2D eigenvalue weighted by Gasteiger charge is -2.22. The number of fused-ring (bicyclic) bond motifs is 1. The lowest BCUT2D eigenvalue weighted by Crippen LogP contribution is -2.24. The zero-order valence-corrected chi connectivity index (χ0v) is 10.6. The van der Waals surface area contributed by atoms with E-state index < -0.39 is 0 Å². The molecule has 1 aromatic heterocycles. The second kappa shape index (κ2) is 4.84. The van der Waals surface area contributed by atoms with Gasteiger partial charge in [0.25, 0.3) is 0 Å². The largest absolute Gasteiger partial charge is 0.330 e. The maximum Gasteiger partial charge on any atom is 0.0702 e. The van der Waals surface area contributed by atoms with Crippen LogP contribution in [0.5, 0.6) is 0 Å². The van der Waals surface area contributed by atoms with Gasteiger partial charge in [-0.3, -0.25) is 4.98 Å². The lowest BCUT2D eigenvalue weighted by atomic mass is 9.86. The summed E-state index contributed by atoms with van der Waals surface area (Å²) in [6, 6.07) is 10.6. The summed E-state index contributed by atoms with van der Waals surface area (Å²) in [5.41, 5.74) is 8.41. The van der Waals surface area contributed by atoms with Gasteiger partial charge in [0, 0.05) is 11.6 Å². The van der Waals surface area contributed by atoms with Crippen LogP contribution in [0.1, 0.15) is 25.8 Å². The monoisotopic (exact) mass is 228 g/mol. The van der Waals surface area contributed by atoms with E-state index in [0.717, 1.165) is 24.9 Å². The van der Waals surface area contributed by atoms with Gasteiger partial charge in [0.15, 0.2) is 0 Å². The van der Waals surface area contributed by atoms with Crippen molar-refractivity contribution in [3.8, 4) is 0 Å². The van der Waals surface area contributed by atoms with Crippen LogP contribution in [0.15, 0.2) is 36.5 Å². The molecule has 90 valence electrons. The molecule has 0 aliphatic heterocycles. The molecule has 0 radical (unpaired) electrons. The van der Waals surface area contributed by atoms with Crippen molar-refractivity contribution in [2.24, 2.45) is 11.1 Å². The molecule has 0 saturated carbocycles. The van der Waals surface area contributed by atoms with Crippen LogP contribution in [0.25, 0.3) is 10.9 Å². The molecule has 0 aliphatic rings. The second-order valence-corrected chi connectivity index (χ2v) is 5.40. The number of hydrogen-bond acceptors (Lipinski definition) is 2. The fourth-order valence-electron chi connectivity index (χ4n) is 1.87. The van der Waals surface area contributed by atoms with E-state index in [4.69, 9.17) is 5.73 Å². The molecule has 0 atom stereocenters. The summed E-state index contributed by atoms with van der Waals surface area (Å²) < 4.78 is 0. The van der Waals surface area contributed by atoms with E-state index in [1.54, 1.807) is 0 Å². The first kappa shape index (κ1) is 12.1. The first-order chi connectivity index (χ1) is 8.11. The zero-order valence-electron chi connectivity index (χ0n) is 10.6. The number of pyridine rings is 1. The van der Waals surface area contributed by atoms with Crippen LogP contribution in [0.2, 0.25) is 0 Å². The second-order valence-electron chi connectivity index (χ2n) is 5.40. The third-order valence-corrected chi connectivity index (χ3v) is 3.31. The molecule has 0 amide bonds. The number of nitrogens with zero attached hydrogens (tertiary/aromatic N) is 1. The Bertz CT molecular complexity index is 503. The summed E-state index contributed by atoms with van der Waals surface area (Å²) in [5.74, 6) is 0. The van der Waals surface area contributed by atoms with Crippen LogP contribution >= 0.6 is 0 Å². The predicted molar refractivity (Wildman–Crippen MR) is 72.9 cm³/mol. The first-order valence-corrected chi connectivity index (χ1v) is 6.14. The van der Waals surface area contributed by atoms with Crippen molar-refractivity contribution < 1.29 is 0 Å². The van der Waals surface area contributed by atoms with Crippen molar-refractivity contribution in [3.05, 3.63) is 42.1 Å². The van der Waals surface area contributed by atoms with E-state index >= 15 is 0 Å². The summed E-state index contributed by atoms with van der Waals surface area (Å²) >= 11 is 0. The van der Waals surface area contributed by atoms with Crippen molar-refractivity contribution >= 4 is 10.9 Å². The number of hydrogen-bond donors (Lipinski definition) is 1. The third kappa shape index (κ3) is 3.04. The van der Waals surface area contributed by atoms with Crippen LogP contribution in [-0.4, -0.2) is 11.5 Å². The SMILES string of the molecule is CC(C)(CN)CCc1ccc2ncccc2c1. The molecule has 0 fully saturated rings. The minimum Gasteiger partial charge on any atom is -0.330 e. The Kier molecular flexibility index (Phi) is 3.43. The van der Waals surface area contributed by atoms with Crippen molar-refractivity contribution in [1.82, 2.24) is 4.98 Å². The van der Waals surface area contributed by atoms with Gasteiger partial charge < -0.3 is 5.73 Å². The number of benzene rings is 1. The van der Waals surface area contributed by atoms with Crippen molar-refractivity contribution in [2.45, 2.75) is 26.7 Å². The number of aryl methyl sites for hydroxylation is 1. The summed E-state index contributed by atoms with van der Waals surface area (Å²) in [6.07, 6.45) is 4.03. The molecular formula is C15H20N2. The van der Waals surface area contributed by atoms with Gasteiger partial charge in [0.2, 0.25) is 0 Å². The maximum absolute atomic E-state index is 5.75. The lowest BCUT2D eigenvalue weighted by molar-refractivity contribution is 0.348. The van der Waals surface area contributed by atoms with Gasteiger partial charge >= 0.3 is 0 Å². The molecule has 2 rings (SSSR count). The first-order valence-electron chi connectivity index (χ1n) is 6.14. The van der Waals surface area contributed by atoms with Gasteiger partial charge in [-0.1, -0.05) is 26.0 Å². The van der Waals surface area contributed by atoms with Gasteiger partial charge in [-0.05, 0) is 48.6 Å². The minimum atomic E-state index is 0.226.